The van der Waals surface area contributed by atoms with Crippen molar-refractivity contribution >= 4 is 5.82 Å². The van der Waals surface area contributed by atoms with Crippen molar-refractivity contribution in [3.8, 4) is 11.3 Å². The van der Waals surface area contributed by atoms with E-state index >= 15 is 0 Å². The first-order valence-corrected chi connectivity index (χ1v) is 7.18. The minimum absolute atomic E-state index is 0.0521. The number of aromatic amines is 1. The number of nitrogens with one attached hydrogen (secondary N) is 2. The van der Waals surface area contributed by atoms with Crippen molar-refractivity contribution in [2.75, 3.05) is 5.32 Å². The molecule has 3 heterocycles. The zero-order valence-corrected chi connectivity index (χ0v) is 12.9. The van der Waals surface area contributed by atoms with E-state index in [2.05, 4.69) is 46.4 Å². The van der Waals surface area contributed by atoms with Crippen LogP contribution in [0.25, 0.3) is 11.3 Å². The second-order valence-corrected chi connectivity index (χ2v) is 6.19. The maximum absolute atomic E-state index is 5.37. The molecule has 0 atom stereocenters. The van der Waals surface area contributed by atoms with Gasteiger partial charge in [0.25, 0.3) is 0 Å². The monoisotopic (exact) mass is 297 g/mol. The van der Waals surface area contributed by atoms with Crippen molar-refractivity contribution in [1.82, 2.24) is 20.3 Å². The van der Waals surface area contributed by atoms with Crippen LogP contribution in [0.4, 0.5) is 5.82 Å². The predicted octanol–water partition coefficient (Wildman–Crippen LogP) is 3.37. The van der Waals surface area contributed by atoms with Crippen molar-refractivity contribution in [2.45, 2.75) is 32.7 Å². The smallest absolute Gasteiger partial charge is 0.169 e. The quantitative estimate of drug-likeness (QED) is 0.771. The number of anilines is 1. The summed E-state index contributed by atoms with van der Waals surface area (Å²) in [7, 11) is 0. The van der Waals surface area contributed by atoms with Crippen LogP contribution in [0.2, 0.25) is 0 Å². The third-order valence-corrected chi connectivity index (χ3v) is 3.38. The topological polar surface area (TPSA) is 79.6 Å². The van der Waals surface area contributed by atoms with Crippen molar-refractivity contribution in [3.05, 3.63) is 48.1 Å². The number of nitrogens with zero attached hydrogens (tertiary/aromatic N) is 3. The highest BCUT2D eigenvalue weighted by Gasteiger charge is 2.19. The number of hydrogen-bond donors (Lipinski definition) is 2. The molecule has 0 unspecified atom stereocenters. The van der Waals surface area contributed by atoms with Gasteiger partial charge in [0.05, 0.1) is 11.9 Å². The molecule has 0 bridgehead atoms. The molecule has 22 heavy (non-hydrogen) atoms. The Bertz CT molecular complexity index is 739. The van der Waals surface area contributed by atoms with Crippen molar-refractivity contribution < 1.29 is 4.52 Å². The molecule has 0 fully saturated rings. The van der Waals surface area contributed by atoms with Crippen molar-refractivity contribution in [3.63, 3.8) is 0 Å². The van der Waals surface area contributed by atoms with Crippen LogP contribution in [0.5, 0.6) is 0 Å². The third kappa shape index (κ3) is 3.00. The Morgan fingerprint density at radius 2 is 2.14 bits per heavy atom. The number of rotatable bonds is 4. The molecule has 0 saturated carbocycles. The summed E-state index contributed by atoms with van der Waals surface area (Å²) in [4.78, 5) is 4.13. The maximum atomic E-state index is 5.37. The fourth-order valence-electron chi connectivity index (χ4n) is 2.10. The summed E-state index contributed by atoms with van der Waals surface area (Å²) in [6.45, 7) is 6.88. The zero-order valence-electron chi connectivity index (χ0n) is 12.9. The summed E-state index contributed by atoms with van der Waals surface area (Å²) in [5.74, 6) is 1.58. The Morgan fingerprint density at radius 1 is 1.27 bits per heavy atom. The lowest BCUT2D eigenvalue weighted by Gasteiger charge is -2.12. The first-order valence-electron chi connectivity index (χ1n) is 7.18. The van der Waals surface area contributed by atoms with Crippen LogP contribution >= 0.6 is 0 Å². The van der Waals surface area contributed by atoms with Gasteiger partial charge in [0.1, 0.15) is 5.76 Å². The average Bonchev–Trinajstić information content (AvgIpc) is 3.14. The molecule has 2 N–H and O–H groups in total. The van der Waals surface area contributed by atoms with Gasteiger partial charge in [-0.3, -0.25) is 10.1 Å². The average molecular weight is 297 g/mol. The fraction of sp³-hybridized carbons (Fsp3) is 0.312. The summed E-state index contributed by atoms with van der Waals surface area (Å²) in [5.41, 5.74) is 2.96. The lowest BCUT2D eigenvalue weighted by Crippen LogP contribution is -2.09. The van der Waals surface area contributed by atoms with Gasteiger partial charge in [0.2, 0.25) is 0 Å². The number of H-pyrrole nitrogens is 1. The van der Waals surface area contributed by atoms with Gasteiger partial charge >= 0.3 is 0 Å². The highest BCUT2D eigenvalue weighted by molar-refractivity contribution is 5.61. The number of pyridine rings is 1. The SMILES string of the molecule is CC(C)(C)c1cc(NCc2cn[nH]c2-c2cccnc2)no1. The largest absolute Gasteiger partial charge is 0.363 e. The van der Waals surface area contributed by atoms with Crippen LogP contribution in [-0.2, 0) is 12.0 Å². The lowest BCUT2D eigenvalue weighted by atomic mass is 9.93. The van der Waals surface area contributed by atoms with Gasteiger partial charge < -0.3 is 9.84 Å². The Labute approximate surface area is 129 Å². The Hall–Kier alpha value is -2.63. The molecular formula is C16H19N5O. The van der Waals surface area contributed by atoms with Gasteiger partial charge in [-0.1, -0.05) is 25.9 Å². The van der Waals surface area contributed by atoms with Gasteiger partial charge in [0.15, 0.2) is 5.82 Å². The van der Waals surface area contributed by atoms with Crippen LogP contribution in [0.1, 0.15) is 32.1 Å². The van der Waals surface area contributed by atoms with E-state index < -0.39 is 0 Å². The molecule has 3 aromatic heterocycles. The Kier molecular flexibility index (Phi) is 3.66. The molecule has 0 aliphatic carbocycles. The molecule has 0 spiro atoms. The maximum Gasteiger partial charge on any atom is 0.169 e. The van der Waals surface area contributed by atoms with Crippen molar-refractivity contribution in [1.29, 1.82) is 0 Å². The van der Waals surface area contributed by atoms with Crippen LogP contribution in [0, 0.1) is 0 Å². The minimum Gasteiger partial charge on any atom is -0.363 e. The summed E-state index contributed by atoms with van der Waals surface area (Å²) >= 11 is 0. The van der Waals surface area contributed by atoms with Gasteiger partial charge in [-0.25, -0.2) is 0 Å². The Balaban J connectivity index is 1.73. The van der Waals surface area contributed by atoms with E-state index in [1.807, 2.05) is 24.4 Å². The third-order valence-electron chi connectivity index (χ3n) is 3.38. The van der Waals surface area contributed by atoms with E-state index in [9.17, 15) is 0 Å². The van der Waals surface area contributed by atoms with E-state index in [1.54, 1.807) is 12.4 Å². The standard InChI is InChI=1S/C16H19N5O/c1-16(2,3)13-7-14(21-22-13)18-9-12-10-19-20-15(12)11-5-4-6-17-8-11/h4-8,10H,9H2,1-3H3,(H,18,21)(H,19,20). The zero-order chi connectivity index (χ0) is 15.6. The fourth-order valence-corrected chi connectivity index (χ4v) is 2.10. The predicted molar refractivity (Wildman–Crippen MR) is 84.3 cm³/mol. The first-order chi connectivity index (χ1) is 10.5. The van der Waals surface area contributed by atoms with Gasteiger partial charge in [-0.05, 0) is 12.1 Å². The molecule has 6 nitrogen and oxygen atoms in total. The minimum atomic E-state index is -0.0521. The number of aromatic nitrogens is 4. The molecule has 3 rings (SSSR count). The summed E-state index contributed by atoms with van der Waals surface area (Å²) < 4.78 is 5.37. The molecule has 3 aromatic rings. The van der Waals surface area contributed by atoms with Gasteiger partial charge in [-0.2, -0.15) is 5.10 Å². The summed E-state index contributed by atoms with van der Waals surface area (Å²) in [6.07, 6.45) is 5.37. The van der Waals surface area contributed by atoms with Gasteiger partial charge in [0, 0.05) is 41.5 Å². The second-order valence-electron chi connectivity index (χ2n) is 6.19. The number of hydrogen-bond acceptors (Lipinski definition) is 5. The van der Waals surface area contributed by atoms with E-state index in [4.69, 9.17) is 4.52 Å². The molecule has 0 aliphatic heterocycles. The Morgan fingerprint density at radius 3 is 2.82 bits per heavy atom. The lowest BCUT2D eigenvalue weighted by molar-refractivity contribution is 0.330. The molecule has 0 saturated heterocycles. The summed E-state index contributed by atoms with van der Waals surface area (Å²) in [5, 5.41) is 14.5. The van der Waals surface area contributed by atoms with Crippen LogP contribution < -0.4 is 5.32 Å². The highest BCUT2D eigenvalue weighted by atomic mass is 16.5. The van der Waals surface area contributed by atoms with Gasteiger partial charge in [-0.15, -0.1) is 0 Å². The first kappa shape index (κ1) is 14.3. The van der Waals surface area contributed by atoms with E-state index in [0.717, 1.165) is 28.4 Å². The second kappa shape index (κ2) is 5.63. The van der Waals surface area contributed by atoms with Crippen molar-refractivity contribution in [2.24, 2.45) is 0 Å². The van der Waals surface area contributed by atoms with Crippen LogP contribution in [0.15, 0.2) is 41.3 Å². The van der Waals surface area contributed by atoms with E-state index in [-0.39, 0.29) is 5.41 Å². The highest BCUT2D eigenvalue weighted by Crippen LogP contribution is 2.25. The molecule has 0 aliphatic rings. The van der Waals surface area contributed by atoms with E-state index in [1.165, 1.54) is 0 Å². The molecule has 0 aromatic carbocycles. The molecule has 114 valence electrons. The molecule has 0 amide bonds. The molecule has 6 heteroatoms. The van der Waals surface area contributed by atoms with Crippen LogP contribution in [0.3, 0.4) is 0 Å². The molecule has 0 radical (unpaired) electrons. The molecular weight excluding hydrogens is 278 g/mol. The van der Waals surface area contributed by atoms with E-state index in [0.29, 0.717) is 6.54 Å². The van der Waals surface area contributed by atoms with Crippen LogP contribution in [-0.4, -0.2) is 20.3 Å². The summed E-state index contributed by atoms with van der Waals surface area (Å²) in [6, 6.07) is 5.84. The normalized spacial score (nSPS) is 11.6.